The summed E-state index contributed by atoms with van der Waals surface area (Å²) >= 11 is 0. The molecule has 0 aromatic heterocycles. The number of hydrogen-bond acceptors (Lipinski definition) is 2. The molecule has 15 heavy (non-hydrogen) atoms. The lowest BCUT2D eigenvalue weighted by Crippen LogP contribution is -2.41. The van der Waals surface area contributed by atoms with Crippen LogP contribution in [0.4, 0.5) is 4.79 Å². The predicted octanol–water partition coefficient (Wildman–Crippen LogP) is 1.19. The van der Waals surface area contributed by atoms with E-state index in [1.54, 1.807) is 0 Å². The van der Waals surface area contributed by atoms with Gasteiger partial charge in [-0.3, -0.25) is 10.1 Å². The van der Waals surface area contributed by atoms with Crippen LogP contribution in [0.3, 0.4) is 0 Å². The molecular weight excluding hydrogens is 192 g/mol. The summed E-state index contributed by atoms with van der Waals surface area (Å²) in [6, 6.07) is -0.759. The number of amides is 3. The first-order chi connectivity index (χ1) is 6.93. The average molecular weight is 208 g/mol. The van der Waals surface area contributed by atoms with Gasteiger partial charge in [-0.1, -0.05) is 26.0 Å². The summed E-state index contributed by atoms with van der Waals surface area (Å²) in [5, 5.41) is 4.96. The minimum Gasteiger partial charge on any atom is -0.326 e. The molecule has 1 aliphatic heterocycles. The smallest absolute Gasteiger partial charge is 0.322 e. The van der Waals surface area contributed by atoms with Crippen LogP contribution < -0.4 is 10.6 Å². The summed E-state index contributed by atoms with van der Waals surface area (Å²) in [4.78, 5) is 22.6. The monoisotopic (exact) mass is 208 g/mol. The van der Waals surface area contributed by atoms with Crippen LogP contribution in [-0.2, 0) is 4.79 Å². The second kappa shape index (κ2) is 3.08. The highest BCUT2D eigenvalue weighted by Gasteiger charge is 2.47. The summed E-state index contributed by atoms with van der Waals surface area (Å²) in [5.74, 6) is -0.0378. The van der Waals surface area contributed by atoms with Crippen molar-refractivity contribution in [1.29, 1.82) is 0 Å². The van der Waals surface area contributed by atoms with Gasteiger partial charge in [-0.15, -0.1) is 0 Å². The van der Waals surface area contributed by atoms with E-state index < -0.39 is 0 Å². The summed E-state index contributed by atoms with van der Waals surface area (Å²) < 4.78 is 0. The van der Waals surface area contributed by atoms with Gasteiger partial charge in [0.05, 0.1) is 0 Å². The SMILES string of the molecule is C=C1CC[C@H]([C@H]2NC(=O)NC2=O)C1(C)C. The van der Waals surface area contributed by atoms with Crippen LogP contribution >= 0.6 is 0 Å². The Morgan fingerprint density at radius 1 is 1.40 bits per heavy atom. The maximum atomic E-state index is 11.5. The van der Waals surface area contributed by atoms with Gasteiger partial charge in [0.1, 0.15) is 6.04 Å². The number of urea groups is 1. The Hall–Kier alpha value is -1.32. The number of hydrogen-bond donors (Lipinski definition) is 2. The summed E-state index contributed by atoms with van der Waals surface area (Å²) in [7, 11) is 0. The third-order valence-electron chi connectivity index (χ3n) is 3.80. The molecule has 1 aliphatic carbocycles. The van der Waals surface area contributed by atoms with E-state index in [9.17, 15) is 9.59 Å². The van der Waals surface area contributed by atoms with Crippen molar-refractivity contribution in [3.8, 4) is 0 Å². The second-order valence-electron chi connectivity index (χ2n) is 4.91. The van der Waals surface area contributed by atoms with Crippen molar-refractivity contribution < 1.29 is 9.59 Å². The summed E-state index contributed by atoms with van der Waals surface area (Å²) in [5.41, 5.74) is 1.10. The molecule has 2 N–H and O–H groups in total. The third kappa shape index (κ3) is 1.44. The zero-order valence-electron chi connectivity index (χ0n) is 9.09. The van der Waals surface area contributed by atoms with Crippen molar-refractivity contribution in [3.05, 3.63) is 12.2 Å². The Balaban J connectivity index is 2.22. The number of carbonyl (C=O) groups is 2. The van der Waals surface area contributed by atoms with Gasteiger partial charge in [-0.05, 0) is 24.2 Å². The normalized spacial score (nSPS) is 34.1. The van der Waals surface area contributed by atoms with E-state index in [0.717, 1.165) is 12.8 Å². The van der Waals surface area contributed by atoms with Gasteiger partial charge in [-0.25, -0.2) is 4.79 Å². The molecule has 2 rings (SSSR count). The van der Waals surface area contributed by atoms with Gasteiger partial charge in [0.25, 0.3) is 5.91 Å². The number of nitrogens with one attached hydrogen (secondary N) is 2. The van der Waals surface area contributed by atoms with Crippen LogP contribution in [0.25, 0.3) is 0 Å². The van der Waals surface area contributed by atoms with E-state index in [4.69, 9.17) is 0 Å². The quantitative estimate of drug-likeness (QED) is 0.502. The summed E-state index contributed by atoms with van der Waals surface area (Å²) in [6.07, 6.45) is 1.86. The van der Waals surface area contributed by atoms with Crippen molar-refractivity contribution in [2.45, 2.75) is 32.7 Å². The van der Waals surface area contributed by atoms with Gasteiger partial charge >= 0.3 is 6.03 Å². The van der Waals surface area contributed by atoms with Crippen molar-refractivity contribution in [3.63, 3.8) is 0 Å². The molecule has 0 aromatic rings. The van der Waals surface area contributed by atoms with Crippen LogP contribution in [0, 0.1) is 11.3 Å². The standard InChI is InChI=1S/C11H16N2O2/c1-6-4-5-7(11(6,2)3)8-9(14)13-10(15)12-8/h7-8H,1,4-5H2,2-3H3,(H2,12,13,14,15)/t7-,8-/m1/s1. The van der Waals surface area contributed by atoms with Crippen molar-refractivity contribution >= 4 is 11.9 Å². The van der Waals surface area contributed by atoms with E-state index in [2.05, 4.69) is 31.1 Å². The van der Waals surface area contributed by atoms with E-state index >= 15 is 0 Å². The first-order valence-electron chi connectivity index (χ1n) is 5.22. The molecule has 4 nitrogen and oxygen atoms in total. The number of imide groups is 1. The maximum absolute atomic E-state index is 11.5. The molecule has 4 heteroatoms. The highest BCUT2D eigenvalue weighted by molar-refractivity contribution is 6.04. The van der Waals surface area contributed by atoms with Gasteiger partial charge in [-0.2, -0.15) is 0 Å². The van der Waals surface area contributed by atoms with Crippen LogP contribution in [0.1, 0.15) is 26.7 Å². The topological polar surface area (TPSA) is 58.2 Å². The first-order valence-corrected chi connectivity index (χ1v) is 5.22. The second-order valence-corrected chi connectivity index (χ2v) is 4.91. The van der Waals surface area contributed by atoms with E-state index in [1.807, 2.05) is 0 Å². The largest absolute Gasteiger partial charge is 0.326 e. The molecule has 2 atom stereocenters. The Labute approximate surface area is 89.1 Å². The molecule has 0 unspecified atom stereocenters. The van der Waals surface area contributed by atoms with Gasteiger partial charge in [0.15, 0.2) is 0 Å². The first kappa shape index (κ1) is 10.2. The molecule has 82 valence electrons. The van der Waals surface area contributed by atoms with Crippen molar-refractivity contribution in [2.24, 2.45) is 11.3 Å². The zero-order valence-corrected chi connectivity index (χ0v) is 9.09. The Morgan fingerprint density at radius 2 is 2.07 bits per heavy atom. The predicted molar refractivity (Wildman–Crippen MR) is 56.1 cm³/mol. The van der Waals surface area contributed by atoms with E-state index in [1.165, 1.54) is 5.57 Å². The summed E-state index contributed by atoms with van der Waals surface area (Å²) in [6.45, 7) is 8.20. The Bertz CT molecular complexity index is 346. The highest BCUT2D eigenvalue weighted by atomic mass is 16.2. The maximum Gasteiger partial charge on any atom is 0.322 e. The minimum atomic E-state index is -0.383. The van der Waals surface area contributed by atoms with E-state index in [0.29, 0.717) is 0 Å². The fourth-order valence-electron chi connectivity index (χ4n) is 2.57. The fourth-order valence-corrected chi connectivity index (χ4v) is 2.57. The fraction of sp³-hybridized carbons (Fsp3) is 0.636. The van der Waals surface area contributed by atoms with Gasteiger partial charge in [0, 0.05) is 0 Å². The number of allylic oxidation sites excluding steroid dienone is 1. The van der Waals surface area contributed by atoms with Gasteiger partial charge in [0.2, 0.25) is 0 Å². The molecule has 3 amide bonds. The highest BCUT2D eigenvalue weighted by Crippen LogP contribution is 2.47. The molecule has 1 saturated carbocycles. The van der Waals surface area contributed by atoms with Crippen LogP contribution in [-0.4, -0.2) is 18.0 Å². The lowest BCUT2D eigenvalue weighted by molar-refractivity contribution is -0.121. The van der Waals surface area contributed by atoms with Crippen molar-refractivity contribution in [2.75, 3.05) is 0 Å². The Kier molecular flexibility index (Phi) is 2.10. The molecular formula is C11H16N2O2. The number of carbonyl (C=O) groups excluding carboxylic acids is 2. The van der Waals surface area contributed by atoms with Crippen molar-refractivity contribution in [1.82, 2.24) is 10.6 Å². The average Bonchev–Trinajstić information content (AvgIpc) is 2.56. The molecule has 2 fully saturated rings. The number of rotatable bonds is 1. The molecule has 0 radical (unpaired) electrons. The van der Waals surface area contributed by atoms with Crippen LogP contribution in [0.2, 0.25) is 0 Å². The lowest BCUT2D eigenvalue weighted by atomic mass is 9.75. The minimum absolute atomic E-state index is 0.0698. The Morgan fingerprint density at radius 3 is 2.47 bits per heavy atom. The molecule has 1 saturated heterocycles. The van der Waals surface area contributed by atoms with Crippen LogP contribution in [0.15, 0.2) is 12.2 Å². The molecule has 0 spiro atoms. The molecule has 1 heterocycles. The zero-order chi connectivity index (χ0) is 11.2. The van der Waals surface area contributed by atoms with Gasteiger partial charge < -0.3 is 5.32 Å². The molecule has 2 aliphatic rings. The van der Waals surface area contributed by atoms with Crippen LogP contribution in [0.5, 0.6) is 0 Å². The van der Waals surface area contributed by atoms with E-state index in [-0.39, 0.29) is 29.3 Å². The third-order valence-corrected chi connectivity index (χ3v) is 3.80. The molecule has 0 aromatic carbocycles. The molecule has 0 bridgehead atoms. The lowest BCUT2D eigenvalue weighted by Gasteiger charge is -2.31.